The molecule has 1 aromatic carbocycles. The number of nitrogens with one attached hydrogen (secondary N) is 1. The Hall–Kier alpha value is -2.05. The molecule has 110 valence electrons. The summed E-state index contributed by atoms with van der Waals surface area (Å²) in [5.41, 5.74) is 0.264. The van der Waals surface area contributed by atoms with E-state index in [1.807, 2.05) is 0 Å². The summed E-state index contributed by atoms with van der Waals surface area (Å²) in [7, 11) is 1.53. The van der Waals surface area contributed by atoms with Crippen LogP contribution in [0.15, 0.2) is 24.5 Å². The van der Waals surface area contributed by atoms with Gasteiger partial charge in [0, 0.05) is 13.6 Å². The molecule has 0 bridgehead atoms. The number of aromatic carboxylic acids is 1. The zero-order valence-corrected chi connectivity index (χ0v) is 12.4. The number of carbonyl (C=O) groups excluding carboxylic acids is 1. The summed E-state index contributed by atoms with van der Waals surface area (Å²) in [4.78, 5) is 30.7. The number of benzene rings is 1. The zero-order chi connectivity index (χ0) is 15.6. The highest BCUT2D eigenvalue weighted by molar-refractivity contribution is 6.42. The molecule has 0 unspecified atom stereocenters. The van der Waals surface area contributed by atoms with Crippen LogP contribution in [0.25, 0.3) is 0 Å². The molecule has 1 amide bonds. The maximum atomic E-state index is 12.2. The number of carboxylic acid groups (broad SMARTS) is 1. The first-order chi connectivity index (χ1) is 9.91. The van der Waals surface area contributed by atoms with Gasteiger partial charge in [0.2, 0.25) is 0 Å². The number of rotatable bonds is 4. The highest BCUT2D eigenvalue weighted by Gasteiger charge is 2.23. The largest absolute Gasteiger partial charge is 0.477 e. The average molecular weight is 328 g/mol. The number of nitrogens with zero attached hydrogens (tertiary/aromatic N) is 2. The zero-order valence-electron chi connectivity index (χ0n) is 10.9. The Morgan fingerprint density at radius 3 is 2.76 bits per heavy atom. The lowest BCUT2D eigenvalue weighted by molar-refractivity contribution is 0.0674. The molecule has 0 aliphatic heterocycles. The maximum absolute atomic E-state index is 12.2. The van der Waals surface area contributed by atoms with Crippen molar-refractivity contribution < 1.29 is 14.7 Å². The van der Waals surface area contributed by atoms with E-state index in [2.05, 4.69) is 9.97 Å². The molecule has 21 heavy (non-hydrogen) atoms. The van der Waals surface area contributed by atoms with E-state index < -0.39 is 11.9 Å². The first-order valence-corrected chi connectivity index (χ1v) is 6.62. The van der Waals surface area contributed by atoms with Crippen LogP contribution in [0.2, 0.25) is 10.0 Å². The van der Waals surface area contributed by atoms with Crippen LogP contribution < -0.4 is 0 Å². The van der Waals surface area contributed by atoms with Crippen molar-refractivity contribution in [1.82, 2.24) is 14.9 Å². The van der Waals surface area contributed by atoms with Gasteiger partial charge in [-0.2, -0.15) is 0 Å². The number of H-pyrrole nitrogens is 1. The Balaban J connectivity index is 2.22. The molecule has 0 aliphatic carbocycles. The number of hydrogen-bond acceptors (Lipinski definition) is 3. The van der Waals surface area contributed by atoms with E-state index in [0.717, 1.165) is 6.33 Å². The molecule has 2 N–H and O–H groups in total. The fourth-order valence-electron chi connectivity index (χ4n) is 1.80. The quantitative estimate of drug-likeness (QED) is 0.903. The smallest absolute Gasteiger partial charge is 0.354 e. The number of halogens is 2. The summed E-state index contributed by atoms with van der Waals surface area (Å²) in [6.45, 7) is 0.185. The third kappa shape index (κ3) is 3.17. The molecule has 0 fully saturated rings. The third-order valence-electron chi connectivity index (χ3n) is 2.84. The van der Waals surface area contributed by atoms with E-state index in [4.69, 9.17) is 28.3 Å². The van der Waals surface area contributed by atoms with Crippen molar-refractivity contribution in [1.29, 1.82) is 0 Å². The molecule has 0 saturated carbocycles. The number of aromatic amines is 1. The van der Waals surface area contributed by atoms with Crippen molar-refractivity contribution in [3.8, 4) is 0 Å². The maximum Gasteiger partial charge on any atom is 0.354 e. The second-order valence-corrected chi connectivity index (χ2v) is 5.09. The number of aromatic nitrogens is 2. The van der Waals surface area contributed by atoms with Gasteiger partial charge in [-0.3, -0.25) is 4.79 Å². The highest BCUT2D eigenvalue weighted by Crippen LogP contribution is 2.26. The summed E-state index contributed by atoms with van der Waals surface area (Å²) < 4.78 is 0. The molecule has 1 heterocycles. The van der Waals surface area contributed by atoms with Gasteiger partial charge >= 0.3 is 5.97 Å². The summed E-state index contributed by atoms with van der Waals surface area (Å²) >= 11 is 12.0. The summed E-state index contributed by atoms with van der Waals surface area (Å²) in [5.74, 6) is -1.77. The van der Waals surface area contributed by atoms with Gasteiger partial charge in [0.25, 0.3) is 5.91 Å². The van der Waals surface area contributed by atoms with Gasteiger partial charge in [0.05, 0.1) is 16.4 Å². The fourth-order valence-corrected chi connectivity index (χ4v) is 2.18. The highest BCUT2D eigenvalue weighted by atomic mass is 35.5. The molecule has 0 spiro atoms. The van der Waals surface area contributed by atoms with Gasteiger partial charge in [-0.15, -0.1) is 0 Å². The second kappa shape index (κ2) is 6.15. The minimum atomic E-state index is -1.25. The number of hydrogen-bond donors (Lipinski definition) is 2. The van der Waals surface area contributed by atoms with E-state index in [9.17, 15) is 9.59 Å². The Labute approximate surface area is 130 Å². The molecule has 0 aliphatic rings. The molecule has 8 heteroatoms. The minimum absolute atomic E-state index is 0.150. The van der Waals surface area contributed by atoms with Crippen LogP contribution in [0, 0.1) is 0 Å². The van der Waals surface area contributed by atoms with Gasteiger partial charge in [0.15, 0.2) is 11.4 Å². The molecule has 0 atom stereocenters. The SMILES string of the molecule is CN(Cc1cccc(Cl)c1Cl)C(=O)c1nc[nH]c1C(=O)O. The summed E-state index contributed by atoms with van der Waals surface area (Å²) in [6.07, 6.45) is 1.16. The lowest BCUT2D eigenvalue weighted by Crippen LogP contribution is -2.28. The molecular formula is C13H11Cl2N3O3. The molecule has 2 aromatic rings. The first kappa shape index (κ1) is 15.3. The van der Waals surface area contributed by atoms with Crippen LogP contribution in [0.4, 0.5) is 0 Å². The topological polar surface area (TPSA) is 86.3 Å². The Morgan fingerprint density at radius 1 is 1.38 bits per heavy atom. The first-order valence-electron chi connectivity index (χ1n) is 5.86. The van der Waals surface area contributed by atoms with Gasteiger partial charge in [-0.1, -0.05) is 35.3 Å². The number of carboxylic acids is 1. The standard InChI is InChI=1S/C13H11Cl2N3O3/c1-18(5-7-3-2-4-8(14)9(7)15)12(19)10-11(13(20)21)17-6-16-10/h2-4,6H,5H2,1H3,(H,16,17)(H,20,21). The van der Waals surface area contributed by atoms with E-state index in [1.165, 1.54) is 11.9 Å². The molecule has 1 aromatic heterocycles. The Kier molecular flexibility index (Phi) is 4.50. The van der Waals surface area contributed by atoms with Crippen molar-refractivity contribution in [2.45, 2.75) is 6.54 Å². The predicted molar refractivity (Wildman–Crippen MR) is 77.8 cm³/mol. The number of amides is 1. The molecular weight excluding hydrogens is 317 g/mol. The van der Waals surface area contributed by atoms with Crippen LogP contribution in [-0.4, -0.2) is 38.9 Å². The second-order valence-electron chi connectivity index (χ2n) is 4.31. The third-order valence-corrected chi connectivity index (χ3v) is 3.70. The number of carbonyl (C=O) groups is 2. The van der Waals surface area contributed by atoms with E-state index in [-0.39, 0.29) is 17.9 Å². The van der Waals surface area contributed by atoms with Crippen molar-refractivity contribution >= 4 is 35.1 Å². The van der Waals surface area contributed by atoms with E-state index >= 15 is 0 Å². The normalized spacial score (nSPS) is 10.4. The van der Waals surface area contributed by atoms with Crippen LogP contribution in [-0.2, 0) is 6.54 Å². The van der Waals surface area contributed by atoms with Gasteiger partial charge in [-0.25, -0.2) is 9.78 Å². The van der Waals surface area contributed by atoms with Crippen LogP contribution >= 0.6 is 23.2 Å². The van der Waals surface area contributed by atoms with Crippen molar-refractivity contribution in [3.05, 3.63) is 51.5 Å². The average Bonchev–Trinajstić information content (AvgIpc) is 2.92. The monoisotopic (exact) mass is 327 g/mol. The molecule has 2 rings (SSSR count). The van der Waals surface area contributed by atoms with Gasteiger partial charge in [0.1, 0.15) is 0 Å². The van der Waals surface area contributed by atoms with Gasteiger partial charge < -0.3 is 15.0 Å². The van der Waals surface area contributed by atoms with Crippen LogP contribution in [0.3, 0.4) is 0 Å². The summed E-state index contributed by atoms with van der Waals surface area (Å²) in [6, 6.07) is 5.10. The fraction of sp³-hybridized carbons (Fsp3) is 0.154. The predicted octanol–water partition coefficient (Wildman–Crippen LogP) is 2.69. The Bertz CT molecular complexity index is 700. The van der Waals surface area contributed by atoms with Crippen molar-refractivity contribution in [2.24, 2.45) is 0 Å². The van der Waals surface area contributed by atoms with E-state index in [1.54, 1.807) is 18.2 Å². The Morgan fingerprint density at radius 2 is 2.10 bits per heavy atom. The minimum Gasteiger partial charge on any atom is -0.477 e. The molecule has 0 radical (unpaired) electrons. The molecule has 0 saturated heterocycles. The van der Waals surface area contributed by atoms with Gasteiger partial charge in [-0.05, 0) is 11.6 Å². The van der Waals surface area contributed by atoms with Crippen LogP contribution in [0.5, 0.6) is 0 Å². The molecule has 6 nitrogen and oxygen atoms in total. The van der Waals surface area contributed by atoms with Crippen molar-refractivity contribution in [3.63, 3.8) is 0 Å². The van der Waals surface area contributed by atoms with E-state index in [0.29, 0.717) is 15.6 Å². The lowest BCUT2D eigenvalue weighted by atomic mass is 10.2. The lowest BCUT2D eigenvalue weighted by Gasteiger charge is -2.17. The summed E-state index contributed by atoms with van der Waals surface area (Å²) in [5, 5.41) is 9.73. The van der Waals surface area contributed by atoms with Crippen LogP contribution in [0.1, 0.15) is 26.5 Å². The number of imidazole rings is 1. The van der Waals surface area contributed by atoms with Crippen molar-refractivity contribution in [2.75, 3.05) is 7.05 Å².